The van der Waals surface area contributed by atoms with E-state index < -0.39 is 25.2 Å². The van der Waals surface area contributed by atoms with Crippen LogP contribution in [0.1, 0.15) is 25.5 Å². The molecule has 1 aliphatic heterocycles. The Labute approximate surface area is 127 Å². The van der Waals surface area contributed by atoms with Gasteiger partial charge in [0.25, 0.3) is 0 Å². The predicted molar refractivity (Wildman–Crippen MR) is 76.0 cm³/mol. The van der Waals surface area contributed by atoms with Gasteiger partial charge in [-0.2, -0.15) is 19.0 Å². The molecule has 0 saturated heterocycles. The summed E-state index contributed by atoms with van der Waals surface area (Å²) in [7, 11) is -4.60. The minimum absolute atomic E-state index is 0.133. The second-order valence-electron chi connectivity index (χ2n) is 4.70. The molecule has 2 heterocycles. The first kappa shape index (κ1) is 17.1. The molecule has 0 saturated carbocycles. The molecule has 0 N–H and O–H groups in total. The lowest BCUT2D eigenvalue weighted by atomic mass is 9.96. The number of azo groups is 1. The lowest BCUT2D eigenvalue weighted by Gasteiger charge is -2.31. The van der Waals surface area contributed by atoms with Crippen LogP contribution in [-0.4, -0.2) is 30.4 Å². The summed E-state index contributed by atoms with van der Waals surface area (Å²) < 4.78 is 51.8. The number of hydrogen-bond acceptors (Lipinski definition) is 6. The average Bonchev–Trinajstić information content (AvgIpc) is 2.98. The number of rotatable bonds is 7. The van der Waals surface area contributed by atoms with E-state index in [4.69, 9.17) is 9.05 Å². The molecule has 22 heavy (non-hydrogen) atoms. The van der Waals surface area contributed by atoms with Crippen molar-refractivity contribution < 1.29 is 22.4 Å². The van der Waals surface area contributed by atoms with Crippen molar-refractivity contribution >= 4 is 7.60 Å². The maximum atomic E-state index is 14.8. The van der Waals surface area contributed by atoms with E-state index >= 15 is 0 Å². The molecule has 1 aliphatic rings. The SMILES string of the molecule is CCOP(=O)(OCC)C(F)(F)[C@H]1CN=N[C@@H]1c1cccnc1. The maximum absolute atomic E-state index is 14.8. The van der Waals surface area contributed by atoms with Crippen LogP contribution in [0.5, 0.6) is 0 Å². The molecule has 0 aromatic carbocycles. The molecule has 1 aromatic rings. The molecule has 0 amide bonds. The normalized spacial score (nSPS) is 22.2. The zero-order valence-corrected chi connectivity index (χ0v) is 13.2. The number of pyridine rings is 1. The molecule has 0 radical (unpaired) electrons. The van der Waals surface area contributed by atoms with Gasteiger partial charge in [0.05, 0.1) is 25.7 Å². The Bertz CT molecular complexity index is 561. The van der Waals surface area contributed by atoms with Gasteiger partial charge in [0.2, 0.25) is 0 Å². The summed E-state index contributed by atoms with van der Waals surface area (Å²) in [5, 5.41) is 7.57. The van der Waals surface area contributed by atoms with E-state index in [1.54, 1.807) is 12.1 Å². The number of alkyl halides is 2. The average molecular weight is 333 g/mol. The molecular weight excluding hydrogens is 315 g/mol. The van der Waals surface area contributed by atoms with Crippen molar-refractivity contribution in [3.8, 4) is 0 Å². The lowest BCUT2D eigenvalue weighted by Crippen LogP contribution is -2.34. The van der Waals surface area contributed by atoms with Gasteiger partial charge >= 0.3 is 13.3 Å². The van der Waals surface area contributed by atoms with Crippen LogP contribution in [-0.2, 0) is 13.6 Å². The van der Waals surface area contributed by atoms with Crippen molar-refractivity contribution in [2.45, 2.75) is 25.6 Å². The quantitative estimate of drug-likeness (QED) is 0.705. The first-order valence-corrected chi connectivity index (χ1v) is 8.54. The molecule has 6 nitrogen and oxygen atoms in total. The highest BCUT2D eigenvalue weighted by Crippen LogP contribution is 2.67. The summed E-state index contributed by atoms with van der Waals surface area (Å²) in [6, 6.07) is 2.35. The third-order valence-electron chi connectivity index (χ3n) is 3.30. The van der Waals surface area contributed by atoms with Crippen LogP contribution in [0.4, 0.5) is 8.78 Å². The molecule has 0 fully saturated rings. The highest BCUT2D eigenvalue weighted by atomic mass is 31.2. The molecule has 122 valence electrons. The molecule has 2 rings (SSSR count). The Morgan fingerprint density at radius 3 is 2.59 bits per heavy atom. The summed E-state index contributed by atoms with van der Waals surface area (Å²) in [5.74, 6) is -1.39. The smallest absolute Gasteiger partial charge is 0.305 e. The van der Waals surface area contributed by atoms with Gasteiger partial charge in [-0.3, -0.25) is 9.55 Å². The number of nitrogens with zero attached hydrogens (tertiary/aromatic N) is 3. The Morgan fingerprint density at radius 1 is 1.36 bits per heavy atom. The first-order chi connectivity index (χ1) is 10.5. The van der Waals surface area contributed by atoms with Crippen molar-refractivity contribution in [3.05, 3.63) is 30.1 Å². The van der Waals surface area contributed by atoms with E-state index in [-0.39, 0.29) is 19.8 Å². The molecule has 0 spiro atoms. The van der Waals surface area contributed by atoms with E-state index in [9.17, 15) is 13.3 Å². The van der Waals surface area contributed by atoms with Crippen LogP contribution in [0, 0.1) is 5.92 Å². The van der Waals surface area contributed by atoms with Gasteiger partial charge in [-0.05, 0) is 25.5 Å². The third kappa shape index (κ3) is 3.09. The van der Waals surface area contributed by atoms with Crippen molar-refractivity contribution in [2.24, 2.45) is 16.1 Å². The Kier molecular flexibility index (Phi) is 5.36. The van der Waals surface area contributed by atoms with Crippen LogP contribution >= 0.6 is 7.60 Å². The zero-order chi connectivity index (χ0) is 16.2. The fraction of sp³-hybridized carbons (Fsp3) is 0.615. The summed E-state index contributed by atoms with van der Waals surface area (Å²) >= 11 is 0. The highest BCUT2D eigenvalue weighted by molar-refractivity contribution is 7.55. The minimum Gasteiger partial charge on any atom is -0.305 e. The Morgan fingerprint density at radius 2 is 2.05 bits per heavy atom. The summed E-state index contributed by atoms with van der Waals surface area (Å²) in [6.45, 7) is 2.47. The van der Waals surface area contributed by atoms with Gasteiger partial charge < -0.3 is 9.05 Å². The van der Waals surface area contributed by atoms with Gasteiger partial charge in [-0.25, -0.2) is 0 Å². The minimum atomic E-state index is -4.60. The van der Waals surface area contributed by atoms with Crippen LogP contribution in [0.2, 0.25) is 0 Å². The summed E-state index contributed by atoms with van der Waals surface area (Å²) in [6.07, 6.45) is 2.98. The van der Waals surface area contributed by atoms with Crippen molar-refractivity contribution in [3.63, 3.8) is 0 Å². The Hall–Kier alpha value is -1.24. The molecule has 0 unspecified atom stereocenters. The number of aromatic nitrogens is 1. The number of hydrogen-bond donors (Lipinski definition) is 0. The third-order valence-corrected chi connectivity index (χ3v) is 5.56. The van der Waals surface area contributed by atoms with Gasteiger partial charge in [0.1, 0.15) is 6.04 Å². The van der Waals surface area contributed by atoms with Gasteiger partial charge in [-0.15, -0.1) is 0 Å². The lowest BCUT2D eigenvalue weighted by molar-refractivity contribution is -0.0128. The van der Waals surface area contributed by atoms with E-state index in [1.807, 2.05) is 0 Å². The predicted octanol–water partition coefficient (Wildman–Crippen LogP) is 4.06. The van der Waals surface area contributed by atoms with E-state index in [0.717, 1.165) is 0 Å². The van der Waals surface area contributed by atoms with Crippen LogP contribution < -0.4 is 0 Å². The van der Waals surface area contributed by atoms with Crippen molar-refractivity contribution in [1.29, 1.82) is 0 Å². The van der Waals surface area contributed by atoms with E-state index in [0.29, 0.717) is 5.56 Å². The largest absolute Gasteiger partial charge is 0.400 e. The molecule has 9 heteroatoms. The van der Waals surface area contributed by atoms with E-state index in [2.05, 4.69) is 15.2 Å². The van der Waals surface area contributed by atoms with Crippen LogP contribution in [0.15, 0.2) is 34.8 Å². The maximum Gasteiger partial charge on any atom is 0.400 e. The molecule has 2 atom stereocenters. The fourth-order valence-electron chi connectivity index (χ4n) is 2.31. The number of halogens is 2. The van der Waals surface area contributed by atoms with Crippen molar-refractivity contribution in [1.82, 2.24) is 4.98 Å². The standard InChI is InChI=1S/C13H18F2N3O3P/c1-3-20-22(19,21-4-2)13(14,15)11-9-17-18-12(11)10-6-5-7-16-8-10/h5-8,11-12H,3-4,9H2,1-2H3/t11-,12+/m0/s1. The molecule has 1 aromatic heterocycles. The fourth-order valence-corrected chi connectivity index (χ4v) is 4.03. The monoisotopic (exact) mass is 333 g/mol. The Balaban J connectivity index is 2.33. The molecular formula is C13H18F2N3O3P. The van der Waals surface area contributed by atoms with Crippen LogP contribution in [0.25, 0.3) is 0 Å². The molecule has 0 bridgehead atoms. The zero-order valence-electron chi connectivity index (χ0n) is 12.4. The summed E-state index contributed by atoms with van der Waals surface area (Å²) in [4.78, 5) is 3.90. The second kappa shape index (κ2) is 6.89. The van der Waals surface area contributed by atoms with Gasteiger partial charge in [0, 0.05) is 12.4 Å². The second-order valence-corrected chi connectivity index (χ2v) is 6.81. The van der Waals surface area contributed by atoms with E-state index in [1.165, 1.54) is 26.2 Å². The van der Waals surface area contributed by atoms with Crippen LogP contribution in [0.3, 0.4) is 0 Å². The van der Waals surface area contributed by atoms with Crippen molar-refractivity contribution in [2.75, 3.05) is 19.8 Å². The van der Waals surface area contributed by atoms with Gasteiger partial charge in [-0.1, -0.05) is 6.07 Å². The molecule has 0 aliphatic carbocycles. The van der Waals surface area contributed by atoms with Gasteiger partial charge in [0.15, 0.2) is 0 Å². The topological polar surface area (TPSA) is 73.1 Å². The highest BCUT2D eigenvalue weighted by Gasteiger charge is 2.62. The first-order valence-electron chi connectivity index (χ1n) is 6.99. The summed E-state index contributed by atoms with van der Waals surface area (Å²) in [5.41, 5.74) is -3.20.